The Morgan fingerprint density at radius 1 is 1.36 bits per heavy atom. The molecule has 0 fully saturated rings. The molecule has 2 heterocycles. The minimum absolute atomic E-state index is 0.0912. The number of methoxy groups -OCH3 is 1. The fourth-order valence-electron chi connectivity index (χ4n) is 2.08. The van der Waals surface area contributed by atoms with Gasteiger partial charge in [0.1, 0.15) is 5.75 Å². The maximum absolute atomic E-state index is 12.2. The van der Waals surface area contributed by atoms with Crippen LogP contribution in [0.1, 0.15) is 29.1 Å². The predicted octanol–water partition coefficient (Wildman–Crippen LogP) is 1.62. The molecule has 1 aromatic carbocycles. The van der Waals surface area contributed by atoms with E-state index in [9.17, 15) is 4.79 Å². The summed E-state index contributed by atoms with van der Waals surface area (Å²) in [5, 5.41) is 6.96. The van der Waals surface area contributed by atoms with E-state index in [1.807, 2.05) is 31.2 Å². The first-order valence-corrected chi connectivity index (χ1v) is 6.79. The molecule has 1 atom stereocenters. The van der Waals surface area contributed by atoms with E-state index in [0.717, 1.165) is 11.3 Å². The molecule has 2 aromatic heterocycles. The largest absolute Gasteiger partial charge is 0.497 e. The Morgan fingerprint density at radius 2 is 2.23 bits per heavy atom. The first-order valence-electron chi connectivity index (χ1n) is 6.79. The molecule has 0 saturated heterocycles. The average Bonchev–Trinajstić information content (AvgIpc) is 2.99. The third-order valence-corrected chi connectivity index (χ3v) is 3.26. The molecule has 7 heteroatoms. The van der Waals surface area contributed by atoms with Crippen molar-refractivity contribution in [3.05, 3.63) is 54.1 Å². The van der Waals surface area contributed by atoms with E-state index in [2.05, 4.69) is 20.4 Å². The molecule has 0 bridgehead atoms. The highest BCUT2D eigenvalue weighted by Crippen LogP contribution is 2.18. The smallest absolute Gasteiger partial charge is 0.291 e. The molecular formula is C15H15N5O2. The quantitative estimate of drug-likeness (QED) is 0.791. The predicted molar refractivity (Wildman–Crippen MR) is 79.7 cm³/mol. The van der Waals surface area contributed by atoms with Gasteiger partial charge in [-0.1, -0.05) is 12.1 Å². The minimum Gasteiger partial charge on any atom is -0.497 e. The number of amides is 1. The lowest BCUT2D eigenvalue weighted by Gasteiger charge is -2.13. The fourth-order valence-corrected chi connectivity index (χ4v) is 2.08. The molecule has 3 rings (SSSR count). The van der Waals surface area contributed by atoms with Crippen molar-refractivity contribution in [1.29, 1.82) is 0 Å². The van der Waals surface area contributed by atoms with Crippen LogP contribution in [-0.4, -0.2) is 32.6 Å². The summed E-state index contributed by atoms with van der Waals surface area (Å²) in [6, 6.07) is 9.07. The Hall–Kier alpha value is -2.96. The summed E-state index contributed by atoms with van der Waals surface area (Å²) in [5.41, 5.74) is 0.939. The van der Waals surface area contributed by atoms with Gasteiger partial charge in [0.05, 0.1) is 13.2 Å². The molecule has 22 heavy (non-hydrogen) atoms. The summed E-state index contributed by atoms with van der Waals surface area (Å²) in [6.45, 7) is 1.89. The second kappa shape index (κ2) is 5.80. The van der Waals surface area contributed by atoms with Gasteiger partial charge in [0, 0.05) is 12.4 Å². The van der Waals surface area contributed by atoms with E-state index in [0.29, 0.717) is 5.78 Å². The number of benzene rings is 1. The normalized spacial score (nSPS) is 12.1. The lowest BCUT2D eigenvalue weighted by atomic mass is 10.1. The van der Waals surface area contributed by atoms with Crippen molar-refractivity contribution in [2.24, 2.45) is 0 Å². The third kappa shape index (κ3) is 2.73. The molecule has 3 aromatic rings. The first-order chi connectivity index (χ1) is 10.7. The number of hydrogen-bond donors (Lipinski definition) is 1. The number of carbonyl (C=O) groups is 1. The van der Waals surface area contributed by atoms with Crippen molar-refractivity contribution in [1.82, 2.24) is 24.9 Å². The number of carbonyl (C=O) groups excluding carboxylic acids is 1. The summed E-state index contributed by atoms with van der Waals surface area (Å²) >= 11 is 0. The molecule has 7 nitrogen and oxygen atoms in total. The van der Waals surface area contributed by atoms with Crippen molar-refractivity contribution >= 4 is 11.7 Å². The van der Waals surface area contributed by atoms with Gasteiger partial charge in [-0.15, -0.1) is 5.10 Å². The third-order valence-electron chi connectivity index (χ3n) is 3.26. The second-order valence-electron chi connectivity index (χ2n) is 4.77. The van der Waals surface area contributed by atoms with E-state index in [1.54, 1.807) is 25.6 Å². The van der Waals surface area contributed by atoms with Crippen LogP contribution >= 0.6 is 0 Å². The van der Waals surface area contributed by atoms with Gasteiger partial charge in [-0.2, -0.15) is 4.98 Å². The number of hydrogen-bond acceptors (Lipinski definition) is 5. The fraction of sp³-hybridized carbons (Fsp3) is 0.200. The monoisotopic (exact) mass is 297 g/mol. The lowest BCUT2D eigenvalue weighted by molar-refractivity contribution is 0.0929. The van der Waals surface area contributed by atoms with Crippen molar-refractivity contribution in [3.63, 3.8) is 0 Å². The molecule has 112 valence electrons. The molecule has 0 spiro atoms. The Morgan fingerprint density at radius 3 is 3.00 bits per heavy atom. The van der Waals surface area contributed by atoms with Gasteiger partial charge in [0.2, 0.25) is 5.82 Å². The molecule has 1 N–H and O–H groups in total. The van der Waals surface area contributed by atoms with Crippen LogP contribution in [0.3, 0.4) is 0 Å². The van der Waals surface area contributed by atoms with Gasteiger partial charge >= 0.3 is 0 Å². The number of nitrogens with one attached hydrogen (secondary N) is 1. The molecule has 0 aliphatic heterocycles. The van der Waals surface area contributed by atoms with Gasteiger partial charge in [-0.3, -0.25) is 4.79 Å². The Balaban J connectivity index is 1.77. The van der Waals surface area contributed by atoms with E-state index in [-0.39, 0.29) is 17.8 Å². The summed E-state index contributed by atoms with van der Waals surface area (Å²) in [5.74, 6) is 0.879. The zero-order chi connectivity index (χ0) is 15.5. The van der Waals surface area contributed by atoms with Crippen LogP contribution in [-0.2, 0) is 0 Å². The summed E-state index contributed by atoms with van der Waals surface area (Å²) in [6.07, 6.45) is 3.29. The van der Waals surface area contributed by atoms with Crippen molar-refractivity contribution in [2.75, 3.05) is 7.11 Å². The van der Waals surface area contributed by atoms with Crippen molar-refractivity contribution in [3.8, 4) is 5.75 Å². The van der Waals surface area contributed by atoms with Gasteiger partial charge in [-0.05, 0) is 30.7 Å². The van der Waals surface area contributed by atoms with Crippen LogP contribution in [0.5, 0.6) is 5.75 Å². The van der Waals surface area contributed by atoms with Crippen molar-refractivity contribution in [2.45, 2.75) is 13.0 Å². The van der Waals surface area contributed by atoms with E-state index < -0.39 is 0 Å². The molecule has 0 aliphatic carbocycles. The highest BCUT2D eigenvalue weighted by molar-refractivity contribution is 5.91. The first kappa shape index (κ1) is 14.0. The molecule has 0 radical (unpaired) electrons. The van der Waals surface area contributed by atoms with Gasteiger partial charge in [0.25, 0.3) is 11.7 Å². The topological polar surface area (TPSA) is 81.4 Å². The summed E-state index contributed by atoms with van der Waals surface area (Å²) in [7, 11) is 1.61. The van der Waals surface area contributed by atoms with Gasteiger partial charge < -0.3 is 10.1 Å². The highest BCUT2D eigenvalue weighted by atomic mass is 16.5. The van der Waals surface area contributed by atoms with Crippen LogP contribution < -0.4 is 10.1 Å². The van der Waals surface area contributed by atoms with Gasteiger partial charge in [-0.25, -0.2) is 9.50 Å². The van der Waals surface area contributed by atoms with Crippen LogP contribution in [0.25, 0.3) is 5.78 Å². The van der Waals surface area contributed by atoms with E-state index >= 15 is 0 Å². The molecule has 1 unspecified atom stereocenters. The second-order valence-corrected chi connectivity index (χ2v) is 4.77. The summed E-state index contributed by atoms with van der Waals surface area (Å²) < 4.78 is 6.65. The van der Waals surface area contributed by atoms with Crippen LogP contribution in [0.2, 0.25) is 0 Å². The number of aromatic nitrogens is 4. The number of fused-ring (bicyclic) bond motifs is 1. The van der Waals surface area contributed by atoms with E-state index in [1.165, 1.54) is 4.52 Å². The minimum atomic E-state index is -0.346. The molecule has 0 saturated carbocycles. The standard InChI is InChI=1S/C15H15N5O2/c1-10(11-5-3-6-12(9-11)22-2)17-14(21)13-18-15-16-7-4-8-20(15)19-13/h3-10H,1-2H3,(H,17,21). The van der Waals surface area contributed by atoms with E-state index in [4.69, 9.17) is 4.74 Å². The van der Waals surface area contributed by atoms with Gasteiger partial charge in [0.15, 0.2) is 0 Å². The zero-order valence-electron chi connectivity index (χ0n) is 12.2. The Bertz CT molecular complexity index is 781. The number of rotatable bonds is 4. The van der Waals surface area contributed by atoms with Crippen LogP contribution in [0, 0.1) is 0 Å². The number of nitrogens with zero attached hydrogens (tertiary/aromatic N) is 4. The zero-order valence-corrected chi connectivity index (χ0v) is 12.2. The van der Waals surface area contributed by atoms with Crippen LogP contribution in [0.4, 0.5) is 0 Å². The highest BCUT2D eigenvalue weighted by Gasteiger charge is 2.16. The SMILES string of the molecule is COc1cccc(C(C)NC(=O)c2nc3ncccn3n2)c1. The lowest BCUT2D eigenvalue weighted by Crippen LogP contribution is -2.27. The number of ether oxygens (including phenoxy) is 1. The molecular weight excluding hydrogens is 282 g/mol. The average molecular weight is 297 g/mol. The molecule has 0 aliphatic rings. The maximum Gasteiger partial charge on any atom is 0.291 e. The Kier molecular flexibility index (Phi) is 3.69. The van der Waals surface area contributed by atoms with Crippen LogP contribution in [0.15, 0.2) is 42.7 Å². The Labute approximate surface area is 127 Å². The summed E-state index contributed by atoms with van der Waals surface area (Å²) in [4.78, 5) is 20.4. The maximum atomic E-state index is 12.2. The van der Waals surface area contributed by atoms with Crippen molar-refractivity contribution < 1.29 is 9.53 Å². The molecule has 1 amide bonds.